The summed E-state index contributed by atoms with van der Waals surface area (Å²) in [7, 11) is 0. The Morgan fingerprint density at radius 3 is 2.04 bits per heavy atom. The molecule has 0 saturated heterocycles. The van der Waals surface area contributed by atoms with Crippen molar-refractivity contribution < 1.29 is 13.2 Å². The van der Waals surface area contributed by atoms with Gasteiger partial charge in [-0.3, -0.25) is 0 Å². The first-order chi connectivity index (χ1) is 10.9. The second-order valence-corrected chi connectivity index (χ2v) is 5.52. The highest BCUT2D eigenvalue weighted by Crippen LogP contribution is 2.35. The quantitative estimate of drug-likeness (QED) is 0.596. The molecular weight excluding hydrogens is 299 g/mol. The fourth-order valence-electron chi connectivity index (χ4n) is 2.56. The summed E-state index contributed by atoms with van der Waals surface area (Å²) in [6, 6.07) is 11.8. The van der Waals surface area contributed by atoms with Gasteiger partial charge in [0.15, 0.2) is 5.69 Å². The van der Waals surface area contributed by atoms with E-state index in [0.717, 1.165) is 24.5 Å². The Balaban J connectivity index is 2.15. The SMILES string of the molecule is [C-]#[N+]c1ccc(CCc2ccc(CCC)cc2)c(C(F)(F)F)c1. The van der Waals surface area contributed by atoms with Crippen LogP contribution in [0.15, 0.2) is 42.5 Å². The number of nitrogens with zero attached hydrogens (tertiary/aromatic N) is 1. The molecule has 0 amide bonds. The average Bonchev–Trinajstić information content (AvgIpc) is 2.53. The Morgan fingerprint density at radius 2 is 1.52 bits per heavy atom. The number of halogens is 3. The van der Waals surface area contributed by atoms with E-state index in [1.165, 1.54) is 17.7 Å². The smallest absolute Gasteiger partial charge is 0.238 e. The van der Waals surface area contributed by atoms with Crippen molar-refractivity contribution in [2.45, 2.75) is 38.8 Å². The molecular formula is C19H18F3N. The molecule has 120 valence electrons. The van der Waals surface area contributed by atoms with E-state index in [1.54, 1.807) is 0 Å². The molecule has 0 fully saturated rings. The maximum absolute atomic E-state index is 13.1. The van der Waals surface area contributed by atoms with Crippen molar-refractivity contribution >= 4 is 5.69 Å². The third-order valence-corrected chi connectivity index (χ3v) is 3.77. The van der Waals surface area contributed by atoms with Crippen LogP contribution >= 0.6 is 0 Å². The van der Waals surface area contributed by atoms with Crippen LogP contribution in [0.2, 0.25) is 0 Å². The van der Waals surface area contributed by atoms with Crippen LogP contribution in [0.3, 0.4) is 0 Å². The number of hydrogen-bond acceptors (Lipinski definition) is 0. The normalized spacial score (nSPS) is 11.3. The van der Waals surface area contributed by atoms with Gasteiger partial charge in [-0.05, 0) is 42.0 Å². The summed E-state index contributed by atoms with van der Waals surface area (Å²) < 4.78 is 39.4. The van der Waals surface area contributed by atoms with E-state index in [-0.39, 0.29) is 11.3 Å². The van der Waals surface area contributed by atoms with Gasteiger partial charge in [-0.1, -0.05) is 49.7 Å². The van der Waals surface area contributed by atoms with Crippen molar-refractivity contribution in [1.82, 2.24) is 0 Å². The highest BCUT2D eigenvalue weighted by Gasteiger charge is 2.33. The van der Waals surface area contributed by atoms with Crippen LogP contribution in [0.1, 0.15) is 35.6 Å². The second-order valence-electron chi connectivity index (χ2n) is 5.52. The van der Waals surface area contributed by atoms with Crippen molar-refractivity contribution in [3.05, 3.63) is 76.1 Å². The minimum absolute atomic E-state index is 0.0185. The van der Waals surface area contributed by atoms with Gasteiger partial charge in [0.05, 0.1) is 6.57 Å². The maximum Gasteiger partial charge on any atom is 0.415 e. The molecule has 0 bridgehead atoms. The summed E-state index contributed by atoms with van der Waals surface area (Å²) in [4.78, 5) is 3.08. The molecule has 2 aromatic carbocycles. The number of aryl methyl sites for hydroxylation is 3. The van der Waals surface area contributed by atoms with E-state index in [4.69, 9.17) is 6.57 Å². The lowest BCUT2D eigenvalue weighted by molar-refractivity contribution is -0.138. The van der Waals surface area contributed by atoms with Crippen molar-refractivity contribution in [3.8, 4) is 0 Å². The lowest BCUT2D eigenvalue weighted by atomic mass is 9.98. The van der Waals surface area contributed by atoms with Gasteiger partial charge in [-0.2, -0.15) is 13.2 Å². The molecule has 2 rings (SSSR count). The largest absolute Gasteiger partial charge is 0.415 e. The molecule has 0 aliphatic rings. The summed E-state index contributed by atoms with van der Waals surface area (Å²) in [5.74, 6) is 0. The van der Waals surface area contributed by atoms with Crippen LogP contribution in [0.5, 0.6) is 0 Å². The van der Waals surface area contributed by atoms with Crippen molar-refractivity contribution in [3.63, 3.8) is 0 Å². The third kappa shape index (κ3) is 4.59. The van der Waals surface area contributed by atoms with E-state index in [9.17, 15) is 13.2 Å². The minimum Gasteiger partial charge on any atom is -0.238 e. The number of rotatable bonds is 5. The summed E-state index contributed by atoms with van der Waals surface area (Å²) in [5.41, 5.74) is 1.82. The summed E-state index contributed by atoms with van der Waals surface area (Å²) in [6.45, 7) is 8.97. The van der Waals surface area contributed by atoms with Gasteiger partial charge in [-0.15, -0.1) is 0 Å². The molecule has 0 heterocycles. The van der Waals surface area contributed by atoms with E-state index < -0.39 is 11.7 Å². The summed E-state index contributed by atoms with van der Waals surface area (Å²) in [5, 5.41) is 0. The van der Waals surface area contributed by atoms with Gasteiger partial charge in [0.2, 0.25) is 0 Å². The molecule has 0 aliphatic heterocycles. The Bertz CT molecular complexity index is 694. The molecule has 0 aliphatic carbocycles. The van der Waals surface area contributed by atoms with E-state index in [1.807, 2.05) is 24.3 Å². The van der Waals surface area contributed by atoms with Crippen LogP contribution in [-0.4, -0.2) is 0 Å². The third-order valence-electron chi connectivity index (χ3n) is 3.77. The molecule has 2 aromatic rings. The van der Waals surface area contributed by atoms with Crippen LogP contribution in [-0.2, 0) is 25.4 Å². The molecule has 1 nitrogen and oxygen atoms in total. The fraction of sp³-hybridized carbons (Fsp3) is 0.316. The van der Waals surface area contributed by atoms with Crippen LogP contribution < -0.4 is 0 Å². The van der Waals surface area contributed by atoms with E-state index >= 15 is 0 Å². The predicted molar refractivity (Wildman–Crippen MR) is 85.6 cm³/mol. The molecule has 0 N–H and O–H groups in total. The lowest BCUT2D eigenvalue weighted by Crippen LogP contribution is -2.09. The molecule has 0 saturated carbocycles. The molecule has 0 aromatic heterocycles. The lowest BCUT2D eigenvalue weighted by Gasteiger charge is -2.13. The second kappa shape index (κ2) is 7.32. The highest BCUT2D eigenvalue weighted by molar-refractivity contribution is 5.50. The van der Waals surface area contributed by atoms with Gasteiger partial charge in [-0.25, -0.2) is 4.85 Å². The Kier molecular flexibility index (Phi) is 5.44. The highest BCUT2D eigenvalue weighted by atomic mass is 19.4. The number of benzene rings is 2. The van der Waals surface area contributed by atoms with Crippen LogP contribution in [0.25, 0.3) is 4.85 Å². The first-order valence-electron chi connectivity index (χ1n) is 7.59. The van der Waals surface area contributed by atoms with E-state index in [2.05, 4.69) is 11.8 Å². The summed E-state index contributed by atoms with van der Waals surface area (Å²) >= 11 is 0. The fourth-order valence-corrected chi connectivity index (χ4v) is 2.56. The molecule has 0 radical (unpaired) electrons. The van der Waals surface area contributed by atoms with Gasteiger partial charge >= 0.3 is 6.18 Å². The zero-order chi connectivity index (χ0) is 16.9. The number of alkyl halides is 3. The van der Waals surface area contributed by atoms with E-state index in [0.29, 0.717) is 12.8 Å². The predicted octanol–water partition coefficient (Wildman–Crippen LogP) is 5.99. The van der Waals surface area contributed by atoms with Gasteiger partial charge in [0, 0.05) is 5.56 Å². The molecule has 0 unspecified atom stereocenters. The minimum atomic E-state index is -4.43. The standard InChI is InChI=1S/C19H18F3N/c1-3-4-14-5-7-15(8-6-14)9-10-16-11-12-17(23-2)13-18(16)19(20,21)22/h5-8,11-13H,3-4,9-10H2,1H3. The Labute approximate surface area is 134 Å². The van der Waals surface area contributed by atoms with Crippen LogP contribution in [0, 0.1) is 6.57 Å². The Hall–Kier alpha value is -2.28. The van der Waals surface area contributed by atoms with Gasteiger partial charge in [0.25, 0.3) is 0 Å². The molecule has 0 atom stereocenters. The maximum atomic E-state index is 13.1. The summed E-state index contributed by atoms with van der Waals surface area (Å²) in [6.07, 6.45) is -1.49. The van der Waals surface area contributed by atoms with Gasteiger partial charge in [0.1, 0.15) is 0 Å². The molecule has 4 heteroatoms. The topological polar surface area (TPSA) is 4.36 Å². The molecule has 23 heavy (non-hydrogen) atoms. The zero-order valence-corrected chi connectivity index (χ0v) is 13.0. The zero-order valence-electron chi connectivity index (χ0n) is 13.0. The van der Waals surface area contributed by atoms with Crippen molar-refractivity contribution in [2.24, 2.45) is 0 Å². The Morgan fingerprint density at radius 1 is 0.913 bits per heavy atom. The average molecular weight is 317 g/mol. The monoisotopic (exact) mass is 317 g/mol. The van der Waals surface area contributed by atoms with Gasteiger partial charge < -0.3 is 0 Å². The number of hydrogen-bond donors (Lipinski definition) is 0. The first kappa shape index (κ1) is 17.1. The molecule has 0 spiro atoms. The van der Waals surface area contributed by atoms with Crippen molar-refractivity contribution in [2.75, 3.05) is 0 Å². The first-order valence-corrected chi connectivity index (χ1v) is 7.59. The van der Waals surface area contributed by atoms with Crippen LogP contribution in [0.4, 0.5) is 18.9 Å². The van der Waals surface area contributed by atoms with Crippen molar-refractivity contribution in [1.29, 1.82) is 0 Å².